The standard InChI is InChI=1S/C7H14N4/c8-11-10-6-3-7-1-4-9-5-2-7/h7,9H,1-6H2. The van der Waals surface area contributed by atoms with Crippen LogP contribution in [0, 0.1) is 5.92 Å². The van der Waals surface area contributed by atoms with Crippen LogP contribution in [0.25, 0.3) is 10.4 Å². The maximum atomic E-state index is 8.04. The predicted molar refractivity (Wildman–Crippen MR) is 44.2 cm³/mol. The van der Waals surface area contributed by atoms with Crippen LogP contribution in [-0.4, -0.2) is 19.6 Å². The highest BCUT2D eigenvalue weighted by Crippen LogP contribution is 2.15. The smallest absolute Gasteiger partial charge is 0.0260 e. The third-order valence-electron chi connectivity index (χ3n) is 2.16. The molecule has 0 aromatic heterocycles. The first-order valence-corrected chi connectivity index (χ1v) is 4.15. The molecule has 0 spiro atoms. The molecule has 0 amide bonds. The summed E-state index contributed by atoms with van der Waals surface area (Å²) in [6, 6.07) is 0. The second-order valence-electron chi connectivity index (χ2n) is 2.94. The Kier molecular flexibility index (Phi) is 3.80. The van der Waals surface area contributed by atoms with Crippen molar-refractivity contribution in [1.29, 1.82) is 0 Å². The zero-order chi connectivity index (χ0) is 7.94. The predicted octanol–water partition coefficient (Wildman–Crippen LogP) is 1.69. The molecule has 0 unspecified atom stereocenters. The van der Waals surface area contributed by atoms with Crippen LogP contribution < -0.4 is 5.32 Å². The van der Waals surface area contributed by atoms with Crippen molar-refractivity contribution in [2.24, 2.45) is 11.0 Å². The fourth-order valence-electron chi connectivity index (χ4n) is 1.46. The number of azide groups is 1. The lowest BCUT2D eigenvalue weighted by molar-refractivity contribution is 0.358. The van der Waals surface area contributed by atoms with Crippen molar-refractivity contribution in [2.45, 2.75) is 19.3 Å². The van der Waals surface area contributed by atoms with Gasteiger partial charge in [-0.3, -0.25) is 0 Å². The van der Waals surface area contributed by atoms with Crippen LogP contribution in [0.1, 0.15) is 19.3 Å². The number of rotatable bonds is 3. The summed E-state index contributed by atoms with van der Waals surface area (Å²) < 4.78 is 0. The second kappa shape index (κ2) is 4.99. The maximum Gasteiger partial charge on any atom is 0.0260 e. The Bertz CT molecular complexity index is 145. The van der Waals surface area contributed by atoms with Gasteiger partial charge >= 0.3 is 0 Å². The molecule has 1 heterocycles. The van der Waals surface area contributed by atoms with Gasteiger partial charge in [0.25, 0.3) is 0 Å². The Hall–Kier alpha value is -0.730. The van der Waals surface area contributed by atoms with Crippen LogP contribution in [0.4, 0.5) is 0 Å². The van der Waals surface area contributed by atoms with Gasteiger partial charge in [-0.05, 0) is 43.8 Å². The summed E-state index contributed by atoms with van der Waals surface area (Å²) in [5.74, 6) is 0.779. The average molecular weight is 154 g/mol. The summed E-state index contributed by atoms with van der Waals surface area (Å²) >= 11 is 0. The van der Waals surface area contributed by atoms with Gasteiger partial charge in [0.05, 0.1) is 0 Å². The largest absolute Gasteiger partial charge is 0.317 e. The number of nitrogens with one attached hydrogen (secondary N) is 1. The van der Waals surface area contributed by atoms with Crippen molar-refractivity contribution in [2.75, 3.05) is 19.6 Å². The molecule has 0 aliphatic carbocycles. The van der Waals surface area contributed by atoms with E-state index in [1.165, 1.54) is 12.8 Å². The first-order valence-electron chi connectivity index (χ1n) is 4.15. The minimum atomic E-state index is 0.668. The maximum absolute atomic E-state index is 8.04. The van der Waals surface area contributed by atoms with Gasteiger partial charge < -0.3 is 5.32 Å². The summed E-state index contributed by atoms with van der Waals surface area (Å²) in [5.41, 5.74) is 8.04. The van der Waals surface area contributed by atoms with E-state index >= 15 is 0 Å². The molecule has 1 aliphatic heterocycles. The van der Waals surface area contributed by atoms with Crippen LogP contribution >= 0.6 is 0 Å². The molecule has 0 aromatic carbocycles. The van der Waals surface area contributed by atoms with Gasteiger partial charge in [0, 0.05) is 11.5 Å². The van der Waals surface area contributed by atoms with E-state index in [0.29, 0.717) is 6.54 Å². The molecule has 0 radical (unpaired) electrons. The van der Waals surface area contributed by atoms with E-state index in [0.717, 1.165) is 25.4 Å². The van der Waals surface area contributed by atoms with Gasteiger partial charge in [0.2, 0.25) is 0 Å². The van der Waals surface area contributed by atoms with Crippen molar-refractivity contribution in [1.82, 2.24) is 5.32 Å². The van der Waals surface area contributed by atoms with E-state index in [4.69, 9.17) is 5.53 Å². The molecule has 11 heavy (non-hydrogen) atoms. The van der Waals surface area contributed by atoms with Crippen molar-refractivity contribution in [3.05, 3.63) is 10.4 Å². The van der Waals surface area contributed by atoms with E-state index in [-0.39, 0.29) is 0 Å². The molecule has 4 heteroatoms. The Labute approximate surface area is 66.6 Å². The van der Waals surface area contributed by atoms with Crippen LogP contribution in [-0.2, 0) is 0 Å². The van der Waals surface area contributed by atoms with Crippen LogP contribution in [0.5, 0.6) is 0 Å². The first kappa shape index (κ1) is 8.37. The molecular formula is C7H14N4. The molecule has 4 nitrogen and oxygen atoms in total. The van der Waals surface area contributed by atoms with Gasteiger partial charge in [0.1, 0.15) is 0 Å². The van der Waals surface area contributed by atoms with Crippen LogP contribution in [0.2, 0.25) is 0 Å². The zero-order valence-corrected chi connectivity index (χ0v) is 6.66. The molecule has 1 N–H and O–H groups in total. The average Bonchev–Trinajstić information content (AvgIpc) is 2.07. The van der Waals surface area contributed by atoms with Crippen molar-refractivity contribution >= 4 is 0 Å². The molecule has 62 valence electrons. The van der Waals surface area contributed by atoms with Gasteiger partial charge in [-0.15, -0.1) is 0 Å². The van der Waals surface area contributed by atoms with E-state index in [9.17, 15) is 0 Å². The third-order valence-corrected chi connectivity index (χ3v) is 2.16. The van der Waals surface area contributed by atoms with Crippen molar-refractivity contribution < 1.29 is 0 Å². The SMILES string of the molecule is [N-]=[N+]=NCCC1CCNCC1. The molecular weight excluding hydrogens is 140 g/mol. The molecule has 0 bridgehead atoms. The van der Waals surface area contributed by atoms with E-state index < -0.39 is 0 Å². The number of piperidine rings is 1. The number of hydrogen-bond donors (Lipinski definition) is 1. The summed E-state index contributed by atoms with van der Waals surface area (Å²) in [6.45, 7) is 2.92. The molecule has 0 saturated carbocycles. The van der Waals surface area contributed by atoms with Crippen molar-refractivity contribution in [3.8, 4) is 0 Å². The minimum absolute atomic E-state index is 0.668. The normalized spacial score (nSPS) is 19.3. The second-order valence-corrected chi connectivity index (χ2v) is 2.94. The monoisotopic (exact) mass is 154 g/mol. The van der Waals surface area contributed by atoms with Crippen LogP contribution in [0.15, 0.2) is 5.11 Å². The summed E-state index contributed by atoms with van der Waals surface area (Å²) in [4.78, 5) is 2.73. The Balaban J connectivity index is 2.09. The third kappa shape index (κ3) is 3.25. The fourth-order valence-corrected chi connectivity index (χ4v) is 1.46. The lowest BCUT2D eigenvalue weighted by atomic mass is 9.95. The van der Waals surface area contributed by atoms with Gasteiger partial charge in [-0.1, -0.05) is 5.11 Å². The Morgan fingerprint density at radius 2 is 2.18 bits per heavy atom. The van der Waals surface area contributed by atoms with E-state index in [2.05, 4.69) is 15.3 Å². The Morgan fingerprint density at radius 1 is 1.45 bits per heavy atom. The Morgan fingerprint density at radius 3 is 2.82 bits per heavy atom. The van der Waals surface area contributed by atoms with E-state index in [1.807, 2.05) is 0 Å². The highest BCUT2D eigenvalue weighted by molar-refractivity contribution is 4.69. The summed E-state index contributed by atoms with van der Waals surface area (Å²) in [7, 11) is 0. The summed E-state index contributed by atoms with van der Waals surface area (Å²) in [6.07, 6.45) is 3.54. The van der Waals surface area contributed by atoms with Crippen LogP contribution in [0.3, 0.4) is 0 Å². The lowest BCUT2D eigenvalue weighted by Gasteiger charge is -2.21. The topological polar surface area (TPSA) is 60.8 Å². The lowest BCUT2D eigenvalue weighted by Crippen LogP contribution is -2.27. The first-order chi connectivity index (χ1) is 5.43. The number of hydrogen-bond acceptors (Lipinski definition) is 2. The van der Waals surface area contributed by atoms with Crippen molar-refractivity contribution in [3.63, 3.8) is 0 Å². The minimum Gasteiger partial charge on any atom is -0.317 e. The quantitative estimate of drug-likeness (QED) is 0.375. The number of nitrogens with zero attached hydrogens (tertiary/aromatic N) is 3. The summed E-state index contributed by atoms with van der Waals surface area (Å²) in [5, 5.41) is 6.83. The highest BCUT2D eigenvalue weighted by Gasteiger charge is 2.11. The molecule has 0 aromatic rings. The zero-order valence-electron chi connectivity index (χ0n) is 6.66. The fraction of sp³-hybridized carbons (Fsp3) is 1.00. The molecule has 1 saturated heterocycles. The molecule has 0 atom stereocenters. The highest BCUT2D eigenvalue weighted by atomic mass is 15.1. The van der Waals surface area contributed by atoms with E-state index in [1.54, 1.807) is 0 Å². The molecule has 1 aliphatic rings. The van der Waals surface area contributed by atoms with Gasteiger partial charge in [0.15, 0.2) is 0 Å². The van der Waals surface area contributed by atoms with Gasteiger partial charge in [-0.25, -0.2) is 0 Å². The van der Waals surface area contributed by atoms with Gasteiger partial charge in [-0.2, -0.15) is 0 Å². The molecule has 1 fully saturated rings. The molecule has 1 rings (SSSR count).